The molecule has 0 saturated carbocycles. The molecule has 0 rings (SSSR count). The van der Waals surface area contributed by atoms with Crippen molar-refractivity contribution in [3.05, 3.63) is 0 Å². The van der Waals surface area contributed by atoms with Crippen LogP contribution in [0.1, 0.15) is 13.8 Å². The van der Waals surface area contributed by atoms with E-state index in [2.05, 4.69) is 5.16 Å². The molecule has 42 valence electrons. The molecule has 0 atom stereocenters. The zero-order chi connectivity index (χ0) is 5.91. The number of alkyl halides is 1. The van der Waals surface area contributed by atoms with E-state index in [1.54, 1.807) is 0 Å². The first-order valence-corrected chi connectivity index (χ1v) is 1.94. The Balaban J connectivity index is 3.56. The molecule has 0 aliphatic heterocycles. The fraction of sp³-hybridized carbons (Fsp3) is 0.750. The fourth-order valence-electron chi connectivity index (χ4n) is 0.137. The molecule has 0 aliphatic rings. The first-order valence-electron chi connectivity index (χ1n) is 1.94. The van der Waals surface area contributed by atoms with Gasteiger partial charge in [-0.25, -0.2) is 4.39 Å². The van der Waals surface area contributed by atoms with Crippen LogP contribution in [0.25, 0.3) is 0 Å². The lowest BCUT2D eigenvalue weighted by molar-refractivity contribution is 0.285. The van der Waals surface area contributed by atoms with Crippen molar-refractivity contribution < 1.29 is 9.60 Å². The number of hydrogen-bond donors (Lipinski definition) is 1. The predicted octanol–water partition coefficient (Wildman–Crippen LogP) is 1.19. The molecule has 7 heavy (non-hydrogen) atoms. The number of halogens is 1. The normalized spacial score (nSPS) is 13.0. The SMILES string of the molecule is CC(C)(F)/C=N/O. The van der Waals surface area contributed by atoms with Gasteiger partial charge in [0.05, 0.1) is 6.21 Å². The van der Waals surface area contributed by atoms with Gasteiger partial charge in [-0.1, -0.05) is 5.16 Å². The highest BCUT2D eigenvalue weighted by atomic mass is 19.1. The summed E-state index contributed by atoms with van der Waals surface area (Å²) >= 11 is 0. The summed E-state index contributed by atoms with van der Waals surface area (Å²) in [6.45, 7) is 2.60. The van der Waals surface area contributed by atoms with Crippen molar-refractivity contribution in [3.8, 4) is 0 Å². The van der Waals surface area contributed by atoms with E-state index in [9.17, 15) is 4.39 Å². The van der Waals surface area contributed by atoms with Gasteiger partial charge in [0.25, 0.3) is 0 Å². The summed E-state index contributed by atoms with van der Waals surface area (Å²) < 4.78 is 12.1. The van der Waals surface area contributed by atoms with Crippen molar-refractivity contribution >= 4 is 6.21 Å². The molecule has 0 fully saturated rings. The zero-order valence-electron chi connectivity index (χ0n) is 4.35. The Bertz CT molecular complexity index is 74.2. The number of hydrogen-bond acceptors (Lipinski definition) is 2. The molecule has 0 aliphatic carbocycles. The van der Waals surface area contributed by atoms with Gasteiger partial charge in [-0.05, 0) is 13.8 Å². The standard InChI is InChI=1S/C4H8FNO/c1-4(2,5)3-6-7/h3,7H,1-2H3/b6-3+. The minimum absolute atomic E-state index is 0.826. The van der Waals surface area contributed by atoms with Crippen LogP contribution in [0.3, 0.4) is 0 Å². The van der Waals surface area contributed by atoms with Gasteiger partial charge in [-0.15, -0.1) is 0 Å². The summed E-state index contributed by atoms with van der Waals surface area (Å²) in [7, 11) is 0. The van der Waals surface area contributed by atoms with Crippen molar-refractivity contribution in [2.75, 3.05) is 0 Å². The lowest BCUT2D eigenvalue weighted by atomic mass is 10.2. The molecule has 0 radical (unpaired) electrons. The van der Waals surface area contributed by atoms with Crippen molar-refractivity contribution in [1.82, 2.24) is 0 Å². The maximum absolute atomic E-state index is 12.1. The average Bonchev–Trinajstić information content (AvgIpc) is 1.30. The van der Waals surface area contributed by atoms with Crippen LogP contribution >= 0.6 is 0 Å². The van der Waals surface area contributed by atoms with E-state index in [0.717, 1.165) is 6.21 Å². The van der Waals surface area contributed by atoms with Crippen molar-refractivity contribution in [1.29, 1.82) is 0 Å². The smallest absolute Gasteiger partial charge is 0.143 e. The molecule has 0 aromatic heterocycles. The molecular weight excluding hydrogens is 97.0 g/mol. The molecule has 0 heterocycles. The first-order chi connectivity index (χ1) is 3.06. The molecule has 0 saturated heterocycles. The Labute approximate surface area is 41.6 Å². The number of oxime groups is 1. The molecule has 0 spiro atoms. The molecule has 0 unspecified atom stereocenters. The molecular formula is C4H8FNO. The van der Waals surface area contributed by atoms with Crippen LogP contribution in [0.2, 0.25) is 0 Å². The minimum Gasteiger partial charge on any atom is -0.411 e. The molecule has 1 N–H and O–H groups in total. The van der Waals surface area contributed by atoms with Gasteiger partial charge in [-0.3, -0.25) is 0 Å². The van der Waals surface area contributed by atoms with Crippen LogP contribution in [0.15, 0.2) is 5.16 Å². The summed E-state index contributed by atoms with van der Waals surface area (Å²) in [6, 6.07) is 0. The predicted molar refractivity (Wildman–Crippen MR) is 25.5 cm³/mol. The molecule has 0 aromatic rings. The van der Waals surface area contributed by atoms with E-state index in [1.807, 2.05) is 0 Å². The Morgan fingerprint density at radius 2 is 2.14 bits per heavy atom. The zero-order valence-corrected chi connectivity index (χ0v) is 4.35. The van der Waals surface area contributed by atoms with Crippen LogP contribution in [0.4, 0.5) is 4.39 Å². The Morgan fingerprint density at radius 1 is 1.71 bits per heavy atom. The minimum atomic E-state index is -1.49. The highest BCUT2D eigenvalue weighted by Crippen LogP contribution is 2.01. The molecule has 0 aromatic carbocycles. The van der Waals surface area contributed by atoms with Gasteiger partial charge in [0.2, 0.25) is 0 Å². The summed E-state index contributed by atoms with van der Waals surface area (Å²) in [4.78, 5) is 0. The second kappa shape index (κ2) is 1.91. The van der Waals surface area contributed by atoms with Crippen molar-refractivity contribution in [2.24, 2.45) is 5.16 Å². The van der Waals surface area contributed by atoms with Gasteiger partial charge in [-0.2, -0.15) is 0 Å². The van der Waals surface area contributed by atoms with Gasteiger partial charge in [0, 0.05) is 0 Å². The lowest BCUT2D eigenvalue weighted by Gasteiger charge is -2.01. The third-order valence-corrected chi connectivity index (χ3v) is 0.365. The maximum Gasteiger partial charge on any atom is 0.143 e. The second-order valence-electron chi connectivity index (χ2n) is 1.81. The first kappa shape index (κ1) is 6.40. The molecule has 2 nitrogen and oxygen atoms in total. The topological polar surface area (TPSA) is 32.6 Å². The van der Waals surface area contributed by atoms with Crippen LogP contribution in [0.5, 0.6) is 0 Å². The Kier molecular flexibility index (Phi) is 1.75. The van der Waals surface area contributed by atoms with Crippen molar-refractivity contribution in [2.45, 2.75) is 19.5 Å². The molecule has 0 amide bonds. The Hall–Kier alpha value is -0.600. The largest absolute Gasteiger partial charge is 0.411 e. The monoisotopic (exact) mass is 105 g/mol. The van der Waals surface area contributed by atoms with Gasteiger partial charge in [0.1, 0.15) is 5.67 Å². The third kappa shape index (κ3) is 5.40. The Morgan fingerprint density at radius 3 is 2.14 bits per heavy atom. The molecule has 3 heteroatoms. The van der Waals surface area contributed by atoms with E-state index in [-0.39, 0.29) is 0 Å². The van der Waals surface area contributed by atoms with E-state index in [4.69, 9.17) is 5.21 Å². The second-order valence-corrected chi connectivity index (χ2v) is 1.81. The summed E-state index contributed by atoms with van der Waals surface area (Å²) in [6.07, 6.45) is 0.826. The summed E-state index contributed by atoms with van der Waals surface area (Å²) in [5.41, 5.74) is -1.49. The van der Waals surface area contributed by atoms with Gasteiger partial charge >= 0.3 is 0 Å². The van der Waals surface area contributed by atoms with E-state index in [1.165, 1.54) is 13.8 Å². The number of rotatable bonds is 1. The quantitative estimate of drug-likeness (QED) is 0.303. The van der Waals surface area contributed by atoms with Crippen LogP contribution in [0, 0.1) is 0 Å². The van der Waals surface area contributed by atoms with Gasteiger partial charge < -0.3 is 5.21 Å². The molecule has 0 bridgehead atoms. The van der Waals surface area contributed by atoms with Crippen molar-refractivity contribution in [3.63, 3.8) is 0 Å². The van der Waals surface area contributed by atoms with E-state index in [0.29, 0.717) is 0 Å². The van der Waals surface area contributed by atoms with Crippen LogP contribution < -0.4 is 0 Å². The highest BCUT2D eigenvalue weighted by molar-refractivity contribution is 5.66. The van der Waals surface area contributed by atoms with Crippen LogP contribution in [-0.2, 0) is 0 Å². The summed E-state index contributed by atoms with van der Waals surface area (Å²) in [5.74, 6) is 0. The van der Waals surface area contributed by atoms with Gasteiger partial charge in [0.15, 0.2) is 0 Å². The number of nitrogens with zero attached hydrogens (tertiary/aromatic N) is 1. The lowest BCUT2D eigenvalue weighted by Crippen LogP contribution is -2.12. The van der Waals surface area contributed by atoms with E-state index >= 15 is 0 Å². The average molecular weight is 105 g/mol. The van der Waals surface area contributed by atoms with Crippen LogP contribution in [-0.4, -0.2) is 17.1 Å². The van der Waals surface area contributed by atoms with E-state index < -0.39 is 5.67 Å². The third-order valence-electron chi connectivity index (χ3n) is 0.365. The summed E-state index contributed by atoms with van der Waals surface area (Å²) in [5, 5.41) is 10.2. The highest BCUT2D eigenvalue weighted by Gasteiger charge is 2.10. The fourth-order valence-corrected chi connectivity index (χ4v) is 0.137. The maximum atomic E-state index is 12.1.